The molecule has 0 fully saturated rings. The van der Waals surface area contributed by atoms with Gasteiger partial charge in [-0.2, -0.15) is 0 Å². The molecule has 0 aliphatic heterocycles. The first-order chi connectivity index (χ1) is 9.79. The quantitative estimate of drug-likeness (QED) is 0.533. The molecular formula is C16H16INS2. The molecule has 0 saturated heterocycles. The van der Waals surface area contributed by atoms with Crippen LogP contribution in [0.4, 0.5) is 0 Å². The maximum Gasteiger partial charge on any atom is 0.0656 e. The van der Waals surface area contributed by atoms with Crippen molar-refractivity contribution in [1.82, 2.24) is 5.32 Å². The first-order valence-electron chi connectivity index (χ1n) is 6.73. The van der Waals surface area contributed by atoms with Gasteiger partial charge in [-0.15, -0.1) is 22.7 Å². The van der Waals surface area contributed by atoms with Crippen LogP contribution in [0.25, 0.3) is 10.1 Å². The van der Waals surface area contributed by atoms with Crippen LogP contribution in [-0.2, 0) is 0 Å². The van der Waals surface area contributed by atoms with Gasteiger partial charge in [0, 0.05) is 4.70 Å². The fraction of sp³-hybridized carbons (Fsp3) is 0.250. The van der Waals surface area contributed by atoms with Crippen LogP contribution in [0.3, 0.4) is 0 Å². The lowest BCUT2D eigenvalue weighted by molar-refractivity contribution is 0.603. The lowest BCUT2D eigenvalue weighted by Crippen LogP contribution is -2.22. The molecule has 2 aromatic heterocycles. The van der Waals surface area contributed by atoms with Crippen molar-refractivity contribution in [2.45, 2.75) is 19.4 Å². The van der Waals surface area contributed by atoms with Gasteiger partial charge in [0.1, 0.15) is 0 Å². The molecule has 0 radical (unpaired) electrons. The second-order valence-corrected chi connectivity index (χ2v) is 8.48. The molecule has 0 spiro atoms. The third kappa shape index (κ3) is 2.93. The molecular weight excluding hydrogens is 397 g/mol. The first-order valence-corrected chi connectivity index (χ1v) is 9.57. The van der Waals surface area contributed by atoms with E-state index in [4.69, 9.17) is 0 Å². The van der Waals surface area contributed by atoms with Crippen LogP contribution < -0.4 is 5.32 Å². The number of fused-ring (bicyclic) bond motifs is 1. The number of hydrogen-bond donors (Lipinski definition) is 1. The van der Waals surface area contributed by atoms with Crippen LogP contribution in [0.15, 0.2) is 41.1 Å². The van der Waals surface area contributed by atoms with Crippen molar-refractivity contribution in [2.75, 3.05) is 6.54 Å². The fourth-order valence-corrected chi connectivity index (χ4v) is 4.76. The molecule has 1 atom stereocenters. The molecule has 3 aromatic rings. The summed E-state index contributed by atoms with van der Waals surface area (Å²) in [7, 11) is 0. The van der Waals surface area contributed by atoms with Gasteiger partial charge in [-0.05, 0) is 75.0 Å². The second kappa shape index (κ2) is 6.56. The summed E-state index contributed by atoms with van der Waals surface area (Å²) in [6.07, 6.45) is 1.15. The van der Waals surface area contributed by atoms with E-state index in [2.05, 4.69) is 75.9 Å². The SMILES string of the molecule is CCCNC(c1csc(I)c1)c1cccc2ccsc12. The van der Waals surface area contributed by atoms with E-state index in [1.807, 2.05) is 22.7 Å². The third-order valence-electron chi connectivity index (χ3n) is 3.34. The van der Waals surface area contributed by atoms with Crippen molar-refractivity contribution in [3.05, 3.63) is 55.1 Å². The molecule has 4 heteroatoms. The molecule has 0 aliphatic carbocycles. The summed E-state index contributed by atoms with van der Waals surface area (Å²) in [5.74, 6) is 0. The highest BCUT2D eigenvalue weighted by atomic mass is 127. The Morgan fingerprint density at radius 1 is 1.25 bits per heavy atom. The van der Waals surface area contributed by atoms with E-state index in [1.165, 1.54) is 24.1 Å². The Morgan fingerprint density at radius 2 is 2.15 bits per heavy atom. The molecule has 0 amide bonds. The predicted molar refractivity (Wildman–Crippen MR) is 99.0 cm³/mol. The number of benzene rings is 1. The lowest BCUT2D eigenvalue weighted by Gasteiger charge is -2.19. The lowest BCUT2D eigenvalue weighted by atomic mass is 10.00. The Bertz CT molecular complexity index is 701. The summed E-state index contributed by atoms with van der Waals surface area (Å²) in [5, 5.41) is 9.52. The van der Waals surface area contributed by atoms with Gasteiger partial charge >= 0.3 is 0 Å². The van der Waals surface area contributed by atoms with Gasteiger partial charge in [0.05, 0.1) is 8.93 Å². The van der Waals surface area contributed by atoms with E-state index in [0.717, 1.165) is 13.0 Å². The zero-order valence-corrected chi connectivity index (χ0v) is 15.0. The van der Waals surface area contributed by atoms with Gasteiger partial charge in [0.2, 0.25) is 0 Å². The molecule has 104 valence electrons. The summed E-state index contributed by atoms with van der Waals surface area (Å²) in [5.41, 5.74) is 2.79. The molecule has 20 heavy (non-hydrogen) atoms. The maximum absolute atomic E-state index is 3.71. The van der Waals surface area contributed by atoms with Gasteiger partial charge in [-0.1, -0.05) is 25.1 Å². The van der Waals surface area contributed by atoms with E-state index >= 15 is 0 Å². The summed E-state index contributed by atoms with van der Waals surface area (Å²) >= 11 is 6.06. The molecule has 3 rings (SSSR count). The van der Waals surface area contributed by atoms with E-state index < -0.39 is 0 Å². The molecule has 1 aromatic carbocycles. The largest absolute Gasteiger partial charge is 0.306 e. The highest BCUT2D eigenvalue weighted by molar-refractivity contribution is 14.1. The third-order valence-corrected chi connectivity index (χ3v) is 6.13. The minimum Gasteiger partial charge on any atom is -0.306 e. The molecule has 1 unspecified atom stereocenters. The van der Waals surface area contributed by atoms with Crippen LogP contribution in [0, 0.1) is 2.88 Å². The van der Waals surface area contributed by atoms with Crippen LogP contribution in [0.2, 0.25) is 0 Å². The number of thiophene rings is 2. The van der Waals surface area contributed by atoms with E-state index in [9.17, 15) is 0 Å². The molecule has 0 bridgehead atoms. The summed E-state index contributed by atoms with van der Waals surface area (Å²) < 4.78 is 2.75. The Morgan fingerprint density at radius 3 is 2.90 bits per heavy atom. The Hall–Kier alpha value is -0.430. The summed E-state index contributed by atoms with van der Waals surface area (Å²) in [4.78, 5) is 0. The Balaban J connectivity index is 2.06. The zero-order valence-electron chi connectivity index (χ0n) is 11.2. The highest BCUT2D eigenvalue weighted by Crippen LogP contribution is 2.34. The van der Waals surface area contributed by atoms with Gasteiger partial charge < -0.3 is 5.32 Å². The van der Waals surface area contributed by atoms with Gasteiger partial charge in [-0.3, -0.25) is 0 Å². The smallest absolute Gasteiger partial charge is 0.0656 e. The van der Waals surface area contributed by atoms with Crippen LogP contribution in [0.1, 0.15) is 30.5 Å². The normalized spacial score (nSPS) is 12.9. The fourth-order valence-electron chi connectivity index (χ4n) is 2.41. The van der Waals surface area contributed by atoms with E-state index in [0.29, 0.717) is 6.04 Å². The van der Waals surface area contributed by atoms with Crippen LogP contribution in [-0.4, -0.2) is 6.54 Å². The molecule has 0 aliphatic rings. The summed E-state index contributed by atoms with van der Waals surface area (Å²) in [6.45, 7) is 3.26. The molecule has 2 heterocycles. The van der Waals surface area contributed by atoms with Crippen molar-refractivity contribution in [1.29, 1.82) is 0 Å². The number of hydrogen-bond acceptors (Lipinski definition) is 3. The maximum atomic E-state index is 3.71. The van der Waals surface area contributed by atoms with Gasteiger partial charge in [0.25, 0.3) is 0 Å². The van der Waals surface area contributed by atoms with E-state index in [1.54, 1.807) is 0 Å². The topological polar surface area (TPSA) is 12.0 Å². The van der Waals surface area contributed by atoms with Crippen LogP contribution in [0.5, 0.6) is 0 Å². The van der Waals surface area contributed by atoms with E-state index in [-0.39, 0.29) is 0 Å². The Labute approximate surface area is 141 Å². The first kappa shape index (κ1) is 14.5. The highest BCUT2D eigenvalue weighted by Gasteiger charge is 2.17. The van der Waals surface area contributed by atoms with Crippen LogP contribution >= 0.6 is 45.3 Å². The van der Waals surface area contributed by atoms with Crippen molar-refractivity contribution < 1.29 is 0 Å². The van der Waals surface area contributed by atoms with Crippen molar-refractivity contribution >= 4 is 55.4 Å². The summed E-state index contributed by atoms with van der Waals surface area (Å²) in [6, 6.07) is 11.4. The minimum atomic E-state index is 0.303. The molecule has 1 nitrogen and oxygen atoms in total. The van der Waals surface area contributed by atoms with Crippen molar-refractivity contribution in [3.63, 3.8) is 0 Å². The Kier molecular flexibility index (Phi) is 4.75. The minimum absolute atomic E-state index is 0.303. The van der Waals surface area contributed by atoms with Gasteiger partial charge in [0.15, 0.2) is 0 Å². The monoisotopic (exact) mass is 413 g/mol. The van der Waals surface area contributed by atoms with Crippen molar-refractivity contribution in [3.8, 4) is 0 Å². The number of nitrogens with one attached hydrogen (secondary N) is 1. The second-order valence-electron chi connectivity index (χ2n) is 4.76. The predicted octanol–water partition coefficient (Wildman–Crippen LogP) is 5.66. The number of halogens is 1. The molecule has 0 saturated carbocycles. The molecule has 1 N–H and O–H groups in total. The number of rotatable bonds is 5. The van der Waals surface area contributed by atoms with Gasteiger partial charge in [-0.25, -0.2) is 0 Å². The standard InChI is InChI=1S/C16H16INS2/c1-2-7-18-15(12-9-14(17)20-10-12)13-5-3-4-11-6-8-19-16(11)13/h3-6,8-10,15,18H,2,7H2,1H3. The average Bonchev–Trinajstić information content (AvgIpc) is 3.08. The van der Waals surface area contributed by atoms with Crippen molar-refractivity contribution in [2.24, 2.45) is 0 Å². The zero-order chi connectivity index (χ0) is 13.9. The average molecular weight is 413 g/mol.